The molecule has 0 spiro atoms. The van der Waals surface area contributed by atoms with Gasteiger partial charge in [0.25, 0.3) is 5.56 Å². The van der Waals surface area contributed by atoms with Gasteiger partial charge in [-0.2, -0.15) is 5.26 Å². The van der Waals surface area contributed by atoms with Crippen molar-refractivity contribution < 1.29 is 0 Å². The first-order chi connectivity index (χ1) is 10.7. The summed E-state index contributed by atoms with van der Waals surface area (Å²) >= 11 is 4.97. The van der Waals surface area contributed by atoms with Crippen molar-refractivity contribution in [2.45, 2.75) is 19.9 Å². The molecular formula is C16H12BrN3OS. The third-order valence-corrected chi connectivity index (χ3v) is 5.22. The molecule has 0 amide bonds. The fourth-order valence-corrected chi connectivity index (χ4v) is 3.79. The molecule has 0 bridgehead atoms. The Morgan fingerprint density at radius 1 is 1.36 bits per heavy atom. The van der Waals surface area contributed by atoms with Gasteiger partial charge in [-0.05, 0) is 24.1 Å². The van der Waals surface area contributed by atoms with Crippen molar-refractivity contribution >= 4 is 37.5 Å². The van der Waals surface area contributed by atoms with Crippen LogP contribution < -0.4 is 5.56 Å². The molecule has 0 saturated heterocycles. The van der Waals surface area contributed by atoms with Gasteiger partial charge in [0.15, 0.2) is 0 Å². The normalized spacial score (nSPS) is 10.8. The standard InChI is InChI=1S/C16H12BrN3OS/c1-2-12-13(10-3-5-11(17)6-4-10)14-15(22-12)19-9-20(8-7-18)16(14)21/h3-6,9H,2,8H2,1H3. The first kappa shape index (κ1) is 14.9. The Labute approximate surface area is 139 Å². The highest BCUT2D eigenvalue weighted by Gasteiger charge is 2.18. The third kappa shape index (κ3) is 2.47. The van der Waals surface area contributed by atoms with Crippen molar-refractivity contribution in [2.24, 2.45) is 0 Å². The number of aryl methyl sites for hydroxylation is 1. The number of fused-ring (bicyclic) bond motifs is 1. The van der Waals surface area contributed by atoms with Gasteiger partial charge in [-0.1, -0.05) is 35.0 Å². The second-order valence-electron chi connectivity index (χ2n) is 4.78. The van der Waals surface area contributed by atoms with Crippen LogP contribution in [0.25, 0.3) is 21.3 Å². The summed E-state index contributed by atoms with van der Waals surface area (Å²) in [5.74, 6) is 0. The fourth-order valence-electron chi connectivity index (χ4n) is 2.43. The van der Waals surface area contributed by atoms with Crippen molar-refractivity contribution in [1.29, 1.82) is 5.26 Å². The zero-order chi connectivity index (χ0) is 15.7. The first-order valence-electron chi connectivity index (χ1n) is 6.79. The number of thiophene rings is 1. The van der Waals surface area contributed by atoms with Gasteiger partial charge in [-0.15, -0.1) is 11.3 Å². The van der Waals surface area contributed by atoms with Gasteiger partial charge in [0.1, 0.15) is 17.7 Å². The summed E-state index contributed by atoms with van der Waals surface area (Å²) in [5.41, 5.74) is 1.79. The van der Waals surface area contributed by atoms with Crippen molar-refractivity contribution in [2.75, 3.05) is 0 Å². The van der Waals surface area contributed by atoms with Crippen LogP contribution >= 0.6 is 27.3 Å². The largest absolute Gasteiger partial charge is 0.285 e. The van der Waals surface area contributed by atoms with Crippen LogP contribution in [0.15, 0.2) is 39.9 Å². The Bertz CT molecular complexity index is 935. The summed E-state index contributed by atoms with van der Waals surface area (Å²) in [6, 6.07) is 9.90. The molecule has 0 saturated carbocycles. The minimum atomic E-state index is -0.152. The second-order valence-corrected chi connectivity index (χ2v) is 6.78. The Balaban J connectivity index is 2.36. The molecule has 2 heterocycles. The maximum atomic E-state index is 12.7. The molecule has 2 aromatic heterocycles. The SMILES string of the molecule is CCc1sc2ncn(CC#N)c(=O)c2c1-c1ccc(Br)cc1. The lowest BCUT2D eigenvalue weighted by Gasteiger charge is -2.04. The van der Waals surface area contributed by atoms with E-state index in [-0.39, 0.29) is 12.1 Å². The Hall–Kier alpha value is -1.97. The molecule has 3 rings (SSSR count). The molecule has 0 aliphatic carbocycles. The quantitative estimate of drug-likeness (QED) is 0.697. The predicted octanol–water partition coefficient (Wildman–Crippen LogP) is 3.97. The van der Waals surface area contributed by atoms with Crippen LogP contribution in [0.3, 0.4) is 0 Å². The minimum absolute atomic E-state index is 0.0128. The lowest BCUT2D eigenvalue weighted by Crippen LogP contribution is -2.19. The van der Waals surface area contributed by atoms with Crippen molar-refractivity contribution in [3.8, 4) is 17.2 Å². The topological polar surface area (TPSA) is 58.7 Å². The van der Waals surface area contributed by atoms with Crippen LogP contribution in [0.2, 0.25) is 0 Å². The number of halogens is 1. The van der Waals surface area contributed by atoms with Crippen LogP contribution in [0.5, 0.6) is 0 Å². The van der Waals surface area contributed by atoms with Gasteiger partial charge >= 0.3 is 0 Å². The number of benzene rings is 1. The van der Waals surface area contributed by atoms with Crippen LogP contribution in [0.1, 0.15) is 11.8 Å². The fraction of sp³-hybridized carbons (Fsp3) is 0.188. The van der Waals surface area contributed by atoms with Crippen molar-refractivity contribution in [3.05, 3.63) is 50.3 Å². The molecule has 1 aromatic carbocycles. The molecule has 6 heteroatoms. The van der Waals surface area contributed by atoms with E-state index in [4.69, 9.17) is 5.26 Å². The molecule has 0 unspecified atom stereocenters. The molecule has 22 heavy (non-hydrogen) atoms. The molecular weight excluding hydrogens is 362 g/mol. The van der Waals surface area contributed by atoms with Crippen molar-refractivity contribution in [1.82, 2.24) is 9.55 Å². The van der Waals surface area contributed by atoms with E-state index in [0.717, 1.165) is 31.7 Å². The summed E-state index contributed by atoms with van der Waals surface area (Å²) < 4.78 is 2.35. The first-order valence-corrected chi connectivity index (χ1v) is 8.40. The minimum Gasteiger partial charge on any atom is -0.285 e. The molecule has 3 aromatic rings. The van der Waals surface area contributed by atoms with Crippen molar-refractivity contribution in [3.63, 3.8) is 0 Å². The number of nitrogens with zero attached hydrogens (tertiary/aromatic N) is 3. The van der Waals surface area contributed by atoms with Gasteiger partial charge < -0.3 is 0 Å². The summed E-state index contributed by atoms with van der Waals surface area (Å²) in [7, 11) is 0. The smallest absolute Gasteiger partial charge is 0.263 e. The number of nitriles is 1. The van der Waals surface area contributed by atoms with Crippen LogP contribution in [0, 0.1) is 11.3 Å². The molecule has 4 nitrogen and oxygen atoms in total. The molecule has 110 valence electrons. The van der Waals surface area contributed by atoms with Crippen LogP contribution in [-0.4, -0.2) is 9.55 Å². The maximum Gasteiger partial charge on any atom is 0.263 e. The maximum absolute atomic E-state index is 12.7. The molecule has 0 radical (unpaired) electrons. The Morgan fingerprint density at radius 2 is 2.09 bits per heavy atom. The van der Waals surface area contributed by atoms with Gasteiger partial charge in [-0.25, -0.2) is 4.98 Å². The second kappa shape index (κ2) is 6.03. The molecule has 0 fully saturated rings. The van der Waals surface area contributed by atoms with Crippen LogP contribution in [-0.2, 0) is 13.0 Å². The van der Waals surface area contributed by atoms with E-state index in [9.17, 15) is 4.79 Å². The number of hydrogen-bond acceptors (Lipinski definition) is 4. The highest BCUT2D eigenvalue weighted by Crippen LogP contribution is 2.36. The van der Waals surface area contributed by atoms with Gasteiger partial charge in [0.2, 0.25) is 0 Å². The lowest BCUT2D eigenvalue weighted by molar-refractivity contribution is 0.777. The summed E-state index contributed by atoms with van der Waals surface area (Å²) in [6.07, 6.45) is 2.29. The summed E-state index contributed by atoms with van der Waals surface area (Å²) in [6.45, 7) is 2.08. The highest BCUT2D eigenvalue weighted by atomic mass is 79.9. The van der Waals surface area contributed by atoms with Gasteiger partial charge in [-0.3, -0.25) is 9.36 Å². The van der Waals surface area contributed by atoms with E-state index in [1.54, 1.807) is 11.3 Å². The van der Waals surface area contributed by atoms with E-state index in [2.05, 4.69) is 27.8 Å². The van der Waals surface area contributed by atoms with E-state index in [1.165, 1.54) is 10.9 Å². The van der Waals surface area contributed by atoms with Gasteiger partial charge in [0, 0.05) is 14.9 Å². The average molecular weight is 374 g/mol. The predicted molar refractivity (Wildman–Crippen MR) is 92.0 cm³/mol. The van der Waals surface area contributed by atoms with E-state index >= 15 is 0 Å². The summed E-state index contributed by atoms with van der Waals surface area (Å²) in [4.78, 5) is 18.9. The van der Waals surface area contributed by atoms with E-state index in [0.29, 0.717) is 5.39 Å². The lowest BCUT2D eigenvalue weighted by atomic mass is 10.0. The zero-order valence-electron chi connectivity index (χ0n) is 11.8. The number of hydrogen-bond donors (Lipinski definition) is 0. The molecule has 0 aliphatic heterocycles. The Kier molecular flexibility index (Phi) is 4.10. The summed E-state index contributed by atoms with van der Waals surface area (Å²) in [5, 5.41) is 9.46. The van der Waals surface area contributed by atoms with Crippen LogP contribution in [0.4, 0.5) is 0 Å². The Morgan fingerprint density at radius 3 is 2.73 bits per heavy atom. The molecule has 0 N–H and O–H groups in total. The zero-order valence-corrected chi connectivity index (χ0v) is 14.2. The number of rotatable bonds is 3. The average Bonchev–Trinajstić information content (AvgIpc) is 2.90. The monoisotopic (exact) mass is 373 g/mol. The third-order valence-electron chi connectivity index (χ3n) is 3.45. The molecule has 0 atom stereocenters. The van der Waals surface area contributed by atoms with Gasteiger partial charge in [0.05, 0.1) is 11.5 Å². The number of aromatic nitrogens is 2. The van der Waals surface area contributed by atoms with E-state index < -0.39 is 0 Å². The molecule has 0 aliphatic rings. The highest BCUT2D eigenvalue weighted by molar-refractivity contribution is 9.10. The van der Waals surface area contributed by atoms with E-state index in [1.807, 2.05) is 30.3 Å².